The summed E-state index contributed by atoms with van der Waals surface area (Å²) in [5, 5.41) is 24.5. The number of benzene rings is 2. The third-order valence-electron chi connectivity index (χ3n) is 14.8. The van der Waals surface area contributed by atoms with Gasteiger partial charge in [0.1, 0.15) is 30.8 Å². The molecule has 4 aliphatic heterocycles. The van der Waals surface area contributed by atoms with E-state index in [2.05, 4.69) is 26.6 Å². The number of aromatic nitrogens is 2. The number of cyclic esters (lactones) is 1. The molecule has 0 bridgehead atoms. The SMILES string of the molecule is CC[C@H]1C(=O)OCc2c1cc1n(c2=O)Cc2c-1nc1cc(F)c(C)c3c1c2[C@@H](N1CCC(OCNC(O)CNC(=O)[C@H](Cc2ccccc2)NC(=O)CNC(=O)CNC(=O)CCCCCN2C(=O)C=CC2=O)C1=O)CC3. The van der Waals surface area contributed by atoms with Crippen molar-refractivity contribution in [1.82, 2.24) is 45.9 Å². The highest BCUT2D eigenvalue weighted by Gasteiger charge is 2.43. The predicted molar refractivity (Wildman–Crippen MR) is 270 cm³/mol. The van der Waals surface area contributed by atoms with Gasteiger partial charge >= 0.3 is 5.97 Å². The molecule has 21 nitrogen and oxygen atoms in total. The lowest BCUT2D eigenvalue weighted by Gasteiger charge is -2.35. The Balaban J connectivity index is 0.763. The molecule has 9 rings (SSSR count). The maximum atomic E-state index is 15.5. The van der Waals surface area contributed by atoms with Crippen LogP contribution >= 0.6 is 0 Å². The first-order valence-corrected chi connectivity index (χ1v) is 25.7. The van der Waals surface area contributed by atoms with E-state index in [1.165, 1.54) is 18.2 Å². The number of hydrogen-bond acceptors (Lipinski definition) is 14. The Morgan fingerprint density at radius 2 is 1.66 bits per heavy atom. The Morgan fingerprint density at radius 1 is 0.908 bits per heavy atom. The highest BCUT2D eigenvalue weighted by Crippen LogP contribution is 2.48. The molecule has 400 valence electrons. The van der Waals surface area contributed by atoms with Crippen LogP contribution in [0.15, 0.2) is 59.4 Å². The van der Waals surface area contributed by atoms with Gasteiger partial charge < -0.3 is 45.3 Å². The predicted octanol–water partition coefficient (Wildman–Crippen LogP) is 1.45. The summed E-state index contributed by atoms with van der Waals surface area (Å²) < 4.78 is 28.5. The molecule has 6 heterocycles. The zero-order chi connectivity index (χ0) is 53.8. The zero-order valence-corrected chi connectivity index (χ0v) is 42.2. The summed E-state index contributed by atoms with van der Waals surface area (Å²) in [6.45, 7) is 2.78. The summed E-state index contributed by atoms with van der Waals surface area (Å²) in [4.78, 5) is 123. The van der Waals surface area contributed by atoms with Crippen LogP contribution in [0.25, 0.3) is 22.3 Å². The number of esters is 1. The Bertz CT molecular complexity index is 3090. The molecular weight excluding hydrogens is 986 g/mol. The average molecular weight is 1050 g/mol. The average Bonchev–Trinajstić information content (AvgIpc) is 4.08. The summed E-state index contributed by atoms with van der Waals surface area (Å²) in [6, 6.07) is 10.6. The molecule has 0 radical (unpaired) electrons. The second-order valence-corrected chi connectivity index (χ2v) is 19.6. The van der Waals surface area contributed by atoms with Gasteiger partial charge in [-0.05, 0) is 72.9 Å². The first kappa shape index (κ1) is 53.1. The molecule has 7 amide bonds. The molecular formula is C54H60FN9O12. The summed E-state index contributed by atoms with van der Waals surface area (Å²) in [6.07, 6.45) is 3.74. The Labute approximate surface area is 435 Å². The summed E-state index contributed by atoms with van der Waals surface area (Å²) in [7, 11) is 0. The topological polar surface area (TPSA) is 277 Å². The van der Waals surface area contributed by atoms with Crippen LogP contribution in [-0.2, 0) is 73.8 Å². The van der Waals surface area contributed by atoms with Gasteiger partial charge in [0, 0.05) is 61.5 Å². The van der Waals surface area contributed by atoms with Gasteiger partial charge in [-0.1, -0.05) is 43.7 Å². The molecule has 5 atom stereocenters. The fraction of sp³-hybridized carbons (Fsp3) is 0.444. The van der Waals surface area contributed by atoms with Crippen molar-refractivity contribution in [1.29, 1.82) is 0 Å². The van der Waals surface area contributed by atoms with Crippen LogP contribution in [0.5, 0.6) is 0 Å². The Hall–Kier alpha value is -7.69. The normalized spacial score (nSPS) is 19.0. The molecule has 2 unspecified atom stereocenters. The third-order valence-corrected chi connectivity index (χ3v) is 14.8. The lowest BCUT2D eigenvalue weighted by molar-refractivity contribution is -0.148. The van der Waals surface area contributed by atoms with Crippen LogP contribution < -0.4 is 32.1 Å². The number of pyridine rings is 2. The van der Waals surface area contributed by atoms with Crippen molar-refractivity contribution in [2.75, 3.05) is 39.5 Å². The molecule has 2 aromatic carbocycles. The summed E-state index contributed by atoms with van der Waals surface area (Å²) in [5.74, 6) is -4.74. The van der Waals surface area contributed by atoms with Crippen molar-refractivity contribution >= 4 is 58.2 Å². The van der Waals surface area contributed by atoms with E-state index in [-0.39, 0.29) is 81.5 Å². The van der Waals surface area contributed by atoms with Crippen molar-refractivity contribution in [2.45, 2.75) is 115 Å². The van der Waals surface area contributed by atoms with Gasteiger partial charge in [0.05, 0.1) is 67.3 Å². The number of unbranched alkanes of at least 4 members (excludes halogenated alkanes) is 2. The second-order valence-electron chi connectivity index (χ2n) is 19.6. The quantitative estimate of drug-likeness (QED) is 0.0248. The fourth-order valence-electron chi connectivity index (χ4n) is 10.8. The van der Waals surface area contributed by atoms with E-state index < -0.39 is 66.4 Å². The molecule has 22 heteroatoms. The number of nitrogens with zero attached hydrogens (tertiary/aromatic N) is 4. The van der Waals surface area contributed by atoms with Gasteiger partial charge in [-0.2, -0.15) is 0 Å². The number of nitrogens with one attached hydrogen (secondary N) is 5. The van der Waals surface area contributed by atoms with Gasteiger partial charge in [-0.3, -0.25) is 53.4 Å². The number of carbonyl (C=O) groups excluding carboxylic acids is 8. The van der Waals surface area contributed by atoms with Crippen LogP contribution in [0.3, 0.4) is 0 Å². The van der Waals surface area contributed by atoms with E-state index >= 15 is 4.39 Å². The summed E-state index contributed by atoms with van der Waals surface area (Å²) >= 11 is 0. The maximum Gasteiger partial charge on any atom is 0.313 e. The van der Waals surface area contributed by atoms with E-state index in [9.17, 15) is 48.3 Å². The number of aryl methyl sites for hydroxylation is 1. The highest BCUT2D eigenvalue weighted by atomic mass is 19.1. The van der Waals surface area contributed by atoms with Crippen molar-refractivity contribution in [3.8, 4) is 11.4 Å². The van der Waals surface area contributed by atoms with Crippen LogP contribution in [0.1, 0.15) is 103 Å². The molecule has 0 spiro atoms. The van der Waals surface area contributed by atoms with Gasteiger partial charge in [-0.25, -0.2) is 9.37 Å². The van der Waals surface area contributed by atoms with Crippen LogP contribution in [-0.4, -0.2) is 130 Å². The van der Waals surface area contributed by atoms with Crippen LogP contribution in [0.2, 0.25) is 0 Å². The third kappa shape index (κ3) is 11.1. The van der Waals surface area contributed by atoms with E-state index in [0.717, 1.165) is 32.5 Å². The minimum Gasteiger partial charge on any atom is -0.460 e. The van der Waals surface area contributed by atoms with Crippen molar-refractivity contribution in [2.24, 2.45) is 0 Å². The van der Waals surface area contributed by atoms with Crippen LogP contribution in [0, 0.1) is 12.7 Å². The highest BCUT2D eigenvalue weighted by molar-refractivity contribution is 6.12. The molecule has 6 N–H and O–H groups in total. The molecule has 5 aliphatic rings. The molecule has 0 saturated carbocycles. The van der Waals surface area contributed by atoms with Gasteiger partial charge in [0.15, 0.2) is 0 Å². The molecule has 1 aliphatic carbocycles. The number of imide groups is 1. The minimum atomic E-state index is -1.33. The number of carbonyl (C=O) groups is 8. The van der Waals surface area contributed by atoms with Crippen molar-refractivity contribution < 1.29 is 57.3 Å². The Kier molecular flexibility index (Phi) is 16.1. The number of aliphatic hydroxyl groups is 1. The first-order chi connectivity index (χ1) is 36.6. The van der Waals surface area contributed by atoms with Crippen molar-refractivity contribution in [3.63, 3.8) is 0 Å². The smallest absolute Gasteiger partial charge is 0.313 e. The number of ether oxygens (including phenoxy) is 2. The van der Waals surface area contributed by atoms with E-state index in [4.69, 9.17) is 14.5 Å². The van der Waals surface area contributed by atoms with Gasteiger partial charge in [-0.15, -0.1) is 0 Å². The maximum absolute atomic E-state index is 15.5. The van der Waals surface area contributed by atoms with E-state index in [1.807, 2.05) is 13.0 Å². The molecule has 76 heavy (non-hydrogen) atoms. The van der Waals surface area contributed by atoms with Gasteiger partial charge in [0.25, 0.3) is 23.3 Å². The van der Waals surface area contributed by atoms with Gasteiger partial charge in [0.2, 0.25) is 23.6 Å². The number of fused-ring (bicyclic) bond motifs is 5. The zero-order valence-electron chi connectivity index (χ0n) is 42.2. The molecule has 1 saturated heterocycles. The van der Waals surface area contributed by atoms with E-state index in [0.29, 0.717) is 85.1 Å². The molecule has 2 aromatic heterocycles. The number of rotatable bonds is 22. The molecule has 4 aromatic rings. The lowest BCUT2D eigenvalue weighted by atomic mass is 9.81. The van der Waals surface area contributed by atoms with Crippen LogP contribution in [0.4, 0.5) is 4.39 Å². The number of hydrogen-bond donors (Lipinski definition) is 6. The van der Waals surface area contributed by atoms with E-state index in [1.54, 1.807) is 46.7 Å². The monoisotopic (exact) mass is 1050 g/mol. The first-order valence-electron chi connectivity index (χ1n) is 25.7. The fourth-order valence-corrected chi connectivity index (χ4v) is 10.8. The number of halogens is 1. The minimum absolute atomic E-state index is 0.0814. The Morgan fingerprint density at radius 3 is 2.42 bits per heavy atom. The number of likely N-dealkylation sites (tertiary alicyclic amines) is 1. The number of aliphatic hydroxyl groups excluding tert-OH is 1. The van der Waals surface area contributed by atoms with Crippen molar-refractivity contribution in [3.05, 3.63) is 110 Å². The standard InChI is InChI=1S/C54H60FN9O12/c1-3-31-33-21-40-50-34(26-64(40)52(72)35(33)27-75-54(31)74)49-39(14-13-32-29(2)36(55)22-37(61-50)48(32)49)62-19-17-41(53(62)73)76-28-59-44(67)24-58-51(71)38(20-30-10-6-4-7-11-30)60-45(68)25-57-43(66)23-56-42(65)12-8-5-9-18-63-46(69)15-16-47(63)70/h4,6-7,10-11,15-16,21-22,31,38-39,41,44,59,67H,3,5,8-9,12-14,17-20,23-28H2,1-2H3,(H,56,65)(H,57,66)(H,58,71)(H,60,68)/t31-,38+,39+,41?,44?/m1/s1. The largest absolute Gasteiger partial charge is 0.460 e. The lowest BCUT2D eigenvalue weighted by Crippen LogP contribution is -2.53. The summed E-state index contributed by atoms with van der Waals surface area (Å²) in [5.41, 5.74) is 5.80. The molecule has 1 fully saturated rings. The second kappa shape index (κ2) is 23.1. The number of amides is 7.